The third-order valence-electron chi connectivity index (χ3n) is 4.21. The van der Waals surface area contributed by atoms with Crippen molar-refractivity contribution in [2.45, 2.75) is 33.1 Å². The number of hydrogen-bond acceptors (Lipinski definition) is 3. The molecule has 140 valence electrons. The molecule has 0 saturated carbocycles. The second kappa shape index (κ2) is 8.85. The summed E-state index contributed by atoms with van der Waals surface area (Å²) < 4.78 is 25.4. The van der Waals surface area contributed by atoms with Crippen LogP contribution in [0.2, 0.25) is 0 Å². The summed E-state index contributed by atoms with van der Waals surface area (Å²) in [5, 5.41) is 2.98. The fourth-order valence-electron chi connectivity index (χ4n) is 2.87. The summed E-state index contributed by atoms with van der Waals surface area (Å²) >= 11 is 0. The molecule has 0 aliphatic heterocycles. The van der Waals surface area contributed by atoms with Crippen molar-refractivity contribution < 1.29 is 13.2 Å². The molecule has 0 atom stereocenters. The molecule has 0 radical (unpaired) electrons. The molecular formula is C20H26N2O3S. The Labute approximate surface area is 156 Å². The Bertz CT molecular complexity index is 849. The molecule has 0 aliphatic rings. The third-order valence-corrected chi connectivity index (χ3v) is 5.41. The fourth-order valence-corrected chi connectivity index (χ4v) is 3.83. The Morgan fingerprint density at radius 2 is 1.77 bits per heavy atom. The molecule has 0 aromatic heterocycles. The number of carbonyl (C=O) groups is 1. The van der Waals surface area contributed by atoms with Crippen LogP contribution in [0.1, 0.15) is 30.9 Å². The number of rotatable bonds is 8. The van der Waals surface area contributed by atoms with Gasteiger partial charge < -0.3 is 5.32 Å². The van der Waals surface area contributed by atoms with E-state index in [4.69, 9.17) is 0 Å². The predicted molar refractivity (Wildman–Crippen MR) is 107 cm³/mol. The highest BCUT2D eigenvalue weighted by Gasteiger charge is 2.17. The number of anilines is 2. The fraction of sp³-hybridized carbons (Fsp3) is 0.350. The molecule has 0 fully saturated rings. The Balaban J connectivity index is 1.99. The first-order chi connectivity index (χ1) is 12.3. The van der Waals surface area contributed by atoms with Crippen LogP contribution < -0.4 is 9.62 Å². The minimum Gasteiger partial charge on any atom is -0.326 e. The van der Waals surface area contributed by atoms with E-state index in [1.807, 2.05) is 38.1 Å². The molecule has 2 aromatic rings. The highest BCUT2D eigenvalue weighted by atomic mass is 32.2. The van der Waals surface area contributed by atoms with Crippen molar-refractivity contribution in [3.63, 3.8) is 0 Å². The Morgan fingerprint density at radius 3 is 2.38 bits per heavy atom. The molecule has 0 aliphatic carbocycles. The average molecular weight is 375 g/mol. The van der Waals surface area contributed by atoms with Crippen molar-refractivity contribution in [2.75, 3.05) is 22.4 Å². The van der Waals surface area contributed by atoms with Crippen molar-refractivity contribution in [3.05, 3.63) is 59.7 Å². The molecule has 0 bridgehead atoms. The molecule has 26 heavy (non-hydrogen) atoms. The van der Waals surface area contributed by atoms with E-state index < -0.39 is 10.0 Å². The maximum atomic E-state index is 12.3. The van der Waals surface area contributed by atoms with Gasteiger partial charge in [0.15, 0.2) is 0 Å². The minimum absolute atomic E-state index is 0.101. The lowest BCUT2D eigenvalue weighted by molar-refractivity contribution is -0.116. The predicted octanol–water partition coefficient (Wildman–Crippen LogP) is 3.74. The summed E-state index contributed by atoms with van der Waals surface area (Å²) in [4.78, 5) is 12.3. The minimum atomic E-state index is -3.39. The molecule has 5 nitrogen and oxygen atoms in total. The highest BCUT2D eigenvalue weighted by molar-refractivity contribution is 7.92. The topological polar surface area (TPSA) is 66.5 Å². The number of hydrogen-bond donors (Lipinski definition) is 1. The van der Waals surface area contributed by atoms with Gasteiger partial charge in [-0.2, -0.15) is 0 Å². The average Bonchev–Trinajstić information content (AvgIpc) is 2.60. The summed E-state index contributed by atoms with van der Waals surface area (Å²) in [5.41, 5.74) is 3.60. The Hall–Kier alpha value is -2.34. The number of nitrogens with zero attached hydrogens (tertiary/aromatic N) is 1. The number of carbonyl (C=O) groups excluding carboxylic acids is 1. The second-order valence-corrected chi connectivity index (χ2v) is 8.19. The molecule has 1 N–H and O–H groups in total. The van der Waals surface area contributed by atoms with Gasteiger partial charge in [0.2, 0.25) is 15.9 Å². The first-order valence-corrected chi connectivity index (χ1v) is 10.6. The Kier molecular flexibility index (Phi) is 6.80. The molecule has 1 amide bonds. The van der Waals surface area contributed by atoms with Crippen LogP contribution in [0.4, 0.5) is 11.4 Å². The zero-order valence-electron chi connectivity index (χ0n) is 15.5. The van der Waals surface area contributed by atoms with E-state index in [-0.39, 0.29) is 18.9 Å². The van der Waals surface area contributed by atoms with Crippen LogP contribution in [0, 0.1) is 6.92 Å². The summed E-state index contributed by atoms with van der Waals surface area (Å²) in [6.45, 7) is 4.29. The van der Waals surface area contributed by atoms with Crippen LogP contribution in [-0.4, -0.2) is 27.1 Å². The van der Waals surface area contributed by atoms with Crippen LogP contribution in [0.15, 0.2) is 48.5 Å². The molecule has 0 saturated heterocycles. The van der Waals surface area contributed by atoms with Gasteiger partial charge in [-0.1, -0.05) is 43.3 Å². The largest absolute Gasteiger partial charge is 0.326 e. The van der Waals surface area contributed by atoms with Crippen LogP contribution in [0.5, 0.6) is 0 Å². The lowest BCUT2D eigenvalue weighted by Gasteiger charge is -2.22. The number of sulfonamides is 1. The van der Waals surface area contributed by atoms with Crippen molar-refractivity contribution in [1.82, 2.24) is 0 Å². The van der Waals surface area contributed by atoms with Crippen LogP contribution in [0.3, 0.4) is 0 Å². The van der Waals surface area contributed by atoms with Crippen molar-refractivity contribution >= 4 is 27.3 Å². The number of amides is 1. The third kappa shape index (κ3) is 5.33. The van der Waals surface area contributed by atoms with Crippen molar-refractivity contribution in [1.29, 1.82) is 0 Å². The SMILES string of the molecule is CCc1cccc(C)c1NC(=O)CCCN(c1ccccc1)S(C)(=O)=O. The summed E-state index contributed by atoms with van der Waals surface area (Å²) in [5.74, 6) is -0.101. The van der Waals surface area contributed by atoms with Gasteiger partial charge in [0.25, 0.3) is 0 Å². The summed E-state index contributed by atoms with van der Waals surface area (Å²) in [6, 6.07) is 14.9. The molecule has 2 aromatic carbocycles. The van der Waals surface area contributed by atoms with Crippen molar-refractivity contribution in [3.8, 4) is 0 Å². The van der Waals surface area contributed by atoms with E-state index in [0.29, 0.717) is 12.1 Å². The van der Waals surface area contributed by atoms with Gasteiger partial charge in [-0.15, -0.1) is 0 Å². The van der Waals surface area contributed by atoms with E-state index in [9.17, 15) is 13.2 Å². The van der Waals surface area contributed by atoms with Crippen molar-refractivity contribution in [2.24, 2.45) is 0 Å². The lowest BCUT2D eigenvalue weighted by atomic mass is 10.1. The van der Waals surface area contributed by atoms with E-state index in [1.54, 1.807) is 24.3 Å². The number of para-hydroxylation sites is 2. The lowest BCUT2D eigenvalue weighted by Crippen LogP contribution is -2.31. The summed E-state index contributed by atoms with van der Waals surface area (Å²) in [6.07, 6.45) is 2.73. The first-order valence-electron chi connectivity index (χ1n) is 8.74. The maximum absolute atomic E-state index is 12.3. The van der Waals surface area contributed by atoms with Gasteiger partial charge in [-0.25, -0.2) is 8.42 Å². The van der Waals surface area contributed by atoms with Gasteiger partial charge in [0.1, 0.15) is 0 Å². The van der Waals surface area contributed by atoms with Crippen LogP contribution >= 0.6 is 0 Å². The van der Waals surface area contributed by atoms with E-state index in [2.05, 4.69) is 5.32 Å². The molecule has 0 spiro atoms. The first kappa shape index (κ1) is 20.0. The zero-order valence-corrected chi connectivity index (χ0v) is 16.3. The van der Waals surface area contributed by atoms with Crippen LogP contribution in [-0.2, 0) is 21.2 Å². The number of aryl methyl sites for hydroxylation is 2. The summed E-state index contributed by atoms with van der Waals surface area (Å²) in [7, 11) is -3.39. The monoisotopic (exact) mass is 374 g/mol. The Morgan fingerprint density at radius 1 is 1.08 bits per heavy atom. The van der Waals surface area contributed by atoms with Crippen LogP contribution in [0.25, 0.3) is 0 Å². The molecule has 0 unspecified atom stereocenters. The smallest absolute Gasteiger partial charge is 0.232 e. The normalized spacial score (nSPS) is 11.2. The van der Waals surface area contributed by atoms with Gasteiger partial charge in [0.05, 0.1) is 11.9 Å². The van der Waals surface area contributed by atoms with Gasteiger partial charge >= 0.3 is 0 Å². The standard InChI is InChI=1S/C20H26N2O3S/c1-4-17-11-8-10-16(2)20(17)21-19(23)14-9-15-22(26(3,24)25)18-12-6-5-7-13-18/h5-8,10-13H,4,9,14-15H2,1-3H3,(H,21,23). The highest BCUT2D eigenvalue weighted by Crippen LogP contribution is 2.22. The van der Waals surface area contributed by atoms with Gasteiger partial charge in [-0.3, -0.25) is 9.10 Å². The quantitative estimate of drug-likeness (QED) is 0.765. The van der Waals surface area contributed by atoms with Gasteiger partial charge in [-0.05, 0) is 43.0 Å². The zero-order chi connectivity index (χ0) is 19.2. The van der Waals surface area contributed by atoms with Gasteiger partial charge in [0, 0.05) is 18.7 Å². The molecular weight excluding hydrogens is 348 g/mol. The number of benzene rings is 2. The maximum Gasteiger partial charge on any atom is 0.232 e. The molecule has 2 rings (SSSR count). The molecule has 6 heteroatoms. The van der Waals surface area contributed by atoms with E-state index >= 15 is 0 Å². The van der Waals surface area contributed by atoms with E-state index in [0.717, 1.165) is 23.2 Å². The molecule has 0 heterocycles. The van der Waals surface area contributed by atoms with E-state index in [1.165, 1.54) is 10.6 Å². The number of nitrogens with one attached hydrogen (secondary N) is 1. The second-order valence-electron chi connectivity index (χ2n) is 6.28.